The van der Waals surface area contributed by atoms with Crippen molar-refractivity contribution >= 4 is 23.2 Å². The van der Waals surface area contributed by atoms with E-state index in [4.69, 9.17) is 0 Å². The number of rotatable bonds is 8. The molecule has 2 rings (SSSR count). The van der Waals surface area contributed by atoms with E-state index < -0.39 is 11.7 Å². The zero-order valence-electron chi connectivity index (χ0n) is 14.9. The van der Waals surface area contributed by atoms with E-state index in [0.29, 0.717) is 5.69 Å². The van der Waals surface area contributed by atoms with Crippen molar-refractivity contribution in [3.05, 3.63) is 77.9 Å². The van der Waals surface area contributed by atoms with Crippen LogP contribution in [-0.2, 0) is 11.2 Å². The number of carbonyl (C=O) groups excluding carboxylic acids is 1. The molecule has 0 saturated heterocycles. The fraction of sp³-hybridized carbons (Fsp3) is 0.227. The Morgan fingerprint density at radius 2 is 1.50 bits per heavy atom. The van der Waals surface area contributed by atoms with Crippen molar-refractivity contribution in [1.82, 2.24) is 0 Å². The molecule has 1 N–H and O–H groups in total. The van der Waals surface area contributed by atoms with E-state index >= 15 is 0 Å². The summed E-state index contributed by atoms with van der Waals surface area (Å²) in [6.07, 6.45) is 5.49. The van der Waals surface area contributed by atoms with Gasteiger partial charge < -0.3 is 5.32 Å². The summed E-state index contributed by atoms with van der Waals surface area (Å²) in [6.45, 7) is 5.50. The third kappa shape index (κ3) is 5.38. The van der Waals surface area contributed by atoms with Crippen LogP contribution in [0.25, 0.3) is 11.7 Å². The number of anilines is 1. The second kappa shape index (κ2) is 9.66. The molecule has 1 amide bonds. The van der Waals surface area contributed by atoms with Gasteiger partial charge in [0, 0.05) is 16.8 Å². The second-order valence-electron chi connectivity index (χ2n) is 6.05. The lowest BCUT2D eigenvalue weighted by Crippen LogP contribution is -2.06. The Morgan fingerprint density at radius 1 is 0.962 bits per heavy atom. The van der Waals surface area contributed by atoms with E-state index in [-0.39, 0.29) is 17.0 Å². The molecule has 0 aliphatic rings. The molecule has 0 bridgehead atoms. The van der Waals surface area contributed by atoms with Crippen molar-refractivity contribution in [2.24, 2.45) is 0 Å². The number of benzene rings is 2. The topological polar surface area (TPSA) is 29.1 Å². The molecule has 4 heteroatoms. The molecule has 2 nitrogen and oxygen atoms in total. The quantitative estimate of drug-likeness (QED) is 0.336. The van der Waals surface area contributed by atoms with Gasteiger partial charge in [-0.05, 0) is 48.7 Å². The molecule has 2 aromatic rings. The summed E-state index contributed by atoms with van der Waals surface area (Å²) in [4.78, 5) is 11.2. The van der Waals surface area contributed by atoms with E-state index in [1.165, 1.54) is 24.3 Å². The monoisotopic (exact) mass is 355 g/mol. The molecular weight excluding hydrogens is 332 g/mol. The highest BCUT2D eigenvalue weighted by Crippen LogP contribution is 2.29. The van der Waals surface area contributed by atoms with Crippen LogP contribution >= 0.6 is 0 Å². The smallest absolute Gasteiger partial charge is 0.247 e. The van der Waals surface area contributed by atoms with Gasteiger partial charge >= 0.3 is 0 Å². The predicted molar refractivity (Wildman–Crippen MR) is 104 cm³/mol. The molecule has 0 saturated carbocycles. The number of hydrogen-bond donors (Lipinski definition) is 1. The molecule has 0 aliphatic carbocycles. The Labute approximate surface area is 153 Å². The molecule has 0 heterocycles. The van der Waals surface area contributed by atoms with Crippen molar-refractivity contribution in [3.63, 3.8) is 0 Å². The maximum absolute atomic E-state index is 14.4. The lowest BCUT2D eigenvalue weighted by molar-refractivity contribution is -0.111. The van der Waals surface area contributed by atoms with Crippen molar-refractivity contribution in [1.29, 1.82) is 0 Å². The zero-order chi connectivity index (χ0) is 18.9. The van der Waals surface area contributed by atoms with Gasteiger partial charge in [-0.15, -0.1) is 0 Å². The van der Waals surface area contributed by atoms with Crippen LogP contribution < -0.4 is 5.32 Å². The van der Waals surface area contributed by atoms with Crippen LogP contribution in [0, 0.1) is 0 Å². The SMILES string of the molecule is C=CC(=O)Nc1ccc(/C(F)=C(\F)c2ccc(CCCCC)cc2)cc1. The molecule has 136 valence electrons. The minimum Gasteiger partial charge on any atom is -0.323 e. The normalized spacial score (nSPS) is 11.7. The summed E-state index contributed by atoms with van der Waals surface area (Å²) in [5.41, 5.74) is 1.94. The summed E-state index contributed by atoms with van der Waals surface area (Å²) in [5.74, 6) is -2.18. The van der Waals surface area contributed by atoms with Gasteiger partial charge in [0.15, 0.2) is 11.7 Å². The Hall–Kier alpha value is -2.75. The number of unbranched alkanes of at least 4 members (excludes halogenated alkanes) is 2. The van der Waals surface area contributed by atoms with Crippen LogP contribution in [0.1, 0.15) is 42.9 Å². The molecule has 0 aliphatic heterocycles. The van der Waals surface area contributed by atoms with Crippen LogP contribution in [-0.4, -0.2) is 5.91 Å². The summed E-state index contributed by atoms with van der Waals surface area (Å²) >= 11 is 0. The number of aryl methyl sites for hydroxylation is 1. The highest BCUT2D eigenvalue weighted by Gasteiger charge is 2.11. The van der Waals surface area contributed by atoms with Gasteiger partial charge in [0.2, 0.25) is 5.91 Å². The first-order valence-corrected chi connectivity index (χ1v) is 8.73. The fourth-order valence-corrected chi connectivity index (χ4v) is 2.54. The van der Waals surface area contributed by atoms with Crippen LogP contribution in [0.3, 0.4) is 0 Å². The number of nitrogens with one attached hydrogen (secondary N) is 1. The van der Waals surface area contributed by atoms with Crippen LogP contribution in [0.4, 0.5) is 14.5 Å². The molecular formula is C22H23F2NO. The minimum absolute atomic E-state index is 0.117. The van der Waals surface area contributed by atoms with Crippen LogP contribution in [0.15, 0.2) is 61.2 Å². The summed E-state index contributed by atoms with van der Waals surface area (Å²) < 4.78 is 28.9. The second-order valence-corrected chi connectivity index (χ2v) is 6.05. The first-order chi connectivity index (χ1) is 12.5. The zero-order valence-corrected chi connectivity index (χ0v) is 14.9. The molecule has 0 atom stereocenters. The number of hydrogen-bond acceptors (Lipinski definition) is 1. The molecule has 0 radical (unpaired) electrons. The molecule has 0 aromatic heterocycles. The number of amides is 1. The highest BCUT2D eigenvalue weighted by molar-refractivity contribution is 5.99. The van der Waals surface area contributed by atoms with E-state index in [0.717, 1.165) is 37.3 Å². The molecule has 0 unspecified atom stereocenters. The van der Waals surface area contributed by atoms with Crippen LogP contribution in [0.2, 0.25) is 0 Å². The Balaban J connectivity index is 2.12. The van der Waals surface area contributed by atoms with Crippen LogP contribution in [0.5, 0.6) is 0 Å². The van der Waals surface area contributed by atoms with Crippen molar-refractivity contribution < 1.29 is 13.6 Å². The standard InChI is InChI=1S/C22H23F2NO/c1-3-5-6-7-16-8-10-17(11-9-16)21(23)22(24)18-12-14-19(15-13-18)25-20(26)4-2/h4,8-15H,2-3,5-7H2,1H3,(H,25,26)/b22-21+. The molecule has 0 fully saturated rings. The average molecular weight is 355 g/mol. The Morgan fingerprint density at radius 3 is 2.00 bits per heavy atom. The minimum atomic E-state index is -0.926. The Bertz CT molecular complexity index is 777. The maximum Gasteiger partial charge on any atom is 0.247 e. The summed E-state index contributed by atoms with van der Waals surface area (Å²) in [7, 11) is 0. The first-order valence-electron chi connectivity index (χ1n) is 8.73. The largest absolute Gasteiger partial charge is 0.323 e. The van der Waals surface area contributed by atoms with Gasteiger partial charge in [0.25, 0.3) is 0 Å². The van der Waals surface area contributed by atoms with Crippen molar-refractivity contribution in [2.45, 2.75) is 32.6 Å². The molecule has 26 heavy (non-hydrogen) atoms. The number of carbonyl (C=O) groups is 1. The third-order valence-corrected chi connectivity index (χ3v) is 4.06. The molecule has 0 spiro atoms. The van der Waals surface area contributed by atoms with Gasteiger partial charge in [-0.25, -0.2) is 8.78 Å². The summed E-state index contributed by atoms with van der Waals surface area (Å²) in [6, 6.07) is 12.8. The predicted octanol–water partition coefficient (Wildman–Crippen LogP) is 6.31. The maximum atomic E-state index is 14.4. The van der Waals surface area contributed by atoms with Gasteiger partial charge in [0.1, 0.15) is 0 Å². The van der Waals surface area contributed by atoms with Gasteiger partial charge in [-0.1, -0.05) is 50.6 Å². The lowest BCUT2D eigenvalue weighted by atomic mass is 10.0. The van der Waals surface area contributed by atoms with Gasteiger partial charge in [-0.3, -0.25) is 4.79 Å². The summed E-state index contributed by atoms with van der Waals surface area (Å²) in [5, 5.41) is 2.56. The van der Waals surface area contributed by atoms with E-state index in [2.05, 4.69) is 18.8 Å². The van der Waals surface area contributed by atoms with Crippen molar-refractivity contribution in [2.75, 3.05) is 5.32 Å². The number of halogens is 2. The Kier molecular flexibility index (Phi) is 7.27. The first kappa shape index (κ1) is 19.6. The van der Waals surface area contributed by atoms with E-state index in [1.54, 1.807) is 12.1 Å². The van der Waals surface area contributed by atoms with Gasteiger partial charge in [0.05, 0.1) is 0 Å². The average Bonchev–Trinajstić information content (AvgIpc) is 2.68. The highest BCUT2D eigenvalue weighted by atomic mass is 19.2. The lowest BCUT2D eigenvalue weighted by Gasteiger charge is -2.06. The molecule has 2 aromatic carbocycles. The van der Waals surface area contributed by atoms with E-state index in [1.807, 2.05) is 12.1 Å². The van der Waals surface area contributed by atoms with Crippen molar-refractivity contribution in [3.8, 4) is 0 Å². The van der Waals surface area contributed by atoms with E-state index in [9.17, 15) is 13.6 Å². The fourth-order valence-electron chi connectivity index (χ4n) is 2.54. The third-order valence-electron chi connectivity index (χ3n) is 4.06. The van der Waals surface area contributed by atoms with Gasteiger partial charge in [-0.2, -0.15) is 0 Å².